The number of piperidine rings is 1. The van der Waals surface area contributed by atoms with Crippen LogP contribution >= 0.6 is 23.4 Å². The monoisotopic (exact) mass is 443 g/mol. The molecule has 0 amide bonds. The van der Waals surface area contributed by atoms with E-state index in [2.05, 4.69) is 34.9 Å². The van der Waals surface area contributed by atoms with Crippen LogP contribution in [-0.2, 0) is 0 Å². The van der Waals surface area contributed by atoms with Crippen molar-refractivity contribution in [2.24, 2.45) is 5.73 Å². The molecular weight excluding hydrogens is 426 g/mol. The Kier molecular flexibility index (Phi) is 5.46. The number of hydrogen-bond donors (Lipinski definition) is 2. The molecule has 1 aliphatic heterocycles. The van der Waals surface area contributed by atoms with Crippen LogP contribution in [0.3, 0.4) is 0 Å². The molecule has 3 aromatic heterocycles. The fraction of sp³-hybridized carbons (Fsp3) is 0.333. The summed E-state index contributed by atoms with van der Waals surface area (Å²) in [4.78, 5) is 19.2. The molecule has 4 rings (SSSR count). The molecule has 1 saturated heterocycles. The fourth-order valence-electron chi connectivity index (χ4n) is 3.04. The summed E-state index contributed by atoms with van der Waals surface area (Å²) >= 11 is 7.48. The molecule has 3 aromatic rings. The van der Waals surface area contributed by atoms with Crippen molar-refractivity contribution in [1.29, 1.82) is 0 Å². The number of nitrogens with two attached hydrogens (primary N) is 2. The van der Waals surface area contributed by atoms with Crippen molar-refractivity contribution in [1.82, 2.24) is 25.1 Å². The lowest BCUT2D eigenvalue weighted by Gasteiger charge is -2.37. The van der Waals surface area contributed by atoms with Crippen LogP contribution in [0.4, 0.5) is 17.5 Å². The first-order chi connectivity index (χ1) is 14.4. The summed E-state index contributed by atoms with van der Waals surface area (Å²) in [6.45, 7) is 10.6. The Bertz CT molecular complexity index is 1100. The van der Waals surface area contributed by atoms with Gasteiger partial charge in [0.2, 0.25) is 6.39 Å². The molecule has 1 aliphatic rings. The highest BCUT2D eigenvalue weighted by molar-refractivity contribution is 7.99. The van der Waals surface area contributed by atoms with Crippen molar-refractivity contribution in [3.8, 4) is 11.6 Å². The molecule has 4 heterocycles. The van der Waals surface area contributed by atoms with Gasteiger partial charge in [0.05, 0.1) is 5.02 Å². The van der Waals surface area contributed by atoms with Gasteiger partial charge in [-0.3, -0.25) is 0 Å². The molecule has 0 atom stereocenters. The second kappa shape index (κ2) is 8.06. The average molecular weight is 444 g/mol. The number of nitrogens with zero attached hydrogens (tertiary/aromatic N) is 7. The van der Waals surface area contributed by atoms with E-state index in [9.17, 15) is 0 Å². The lowest BCUT2D eigenvalue weighted by Crippen LogP contribution is -2.48. The summed E-state index contributed by atoms with van der Waals surface area (Å²) in [5.41, 5.74) is 12.7. The predicted molar refractivity (Wildman–Crippen MR) is 113 cm³/mol. The van der Waals surface area contributed by atoms with Gasteiger partial charge in [0.1, 0.15) is 11.2 Å². The van der Waals surface area contributed by atoms with E-state index in [0.29, 0.717) is 34.5 Å². The van der Waals surface area contributed by atoms with Crippen LogP contribution in [0.2, 0.25) is 5.02 Å². The minimum atomic E-state index is -0.214. The van der Waals surface area contributed by atoms with E-state index >= 15 is 0 Å². The van der Waals surface area contributed by atoms with Crippen molar-refractivity contribution in [3.05, 3.63) is 35.1 Å². The average Bonchev–Trinajstić information content (AvgIpc) is 3.25. The summed E-state index contributed by atoms with van der Waals surface area (Å²) < 4.78 is 5.40. The van der Waals surface area contributed by atoms with Crippen LogP contribution in [0.5, 0.6) is 0 Å². The van der Waals surface area contributed by atoms with Crippen LogP contribution in [0.25, 0.3) is 16.4 Å². The molecule has 12 heteroatoms. The number of rotatable bonds is 4. The topological polar surface area (TPSA) is 137 Å². The highest BCUT2D eigenvalue weighted by Crippen LogP contribution is 2.40. The quantitative estimate of drug-likeness (QED) is 0.578. The summed E-state index contributed by atoms with van der Waals surface area (Å²) in [5.74, 6) is 1.15. The van der Waals surface area contributed by atoms with Crippen molar-refractivity contribution in [2.45, 2.75) is 35.2 Å². The second-order valence-electron chi connectivity index (χ2n) is 7.13. The molecule has 0 saturated carbocycles. The summed E-state index contributed by atoms with van der Waals surface area (Å²) in [5, 5.41) is 8.40. The number of anilines is 2. The summed E-state index contributed by atoms with van der Waals surface area (Å²) in [6.07, 6.45) is 4.36. The van der Waals surface area contributed by atoms with Crippen molar-refractivity contribution < 1.29 is 4.42 Å². The minimum absolute atomic E-state index is 0.111. The molecule has 0 bridgehead atoms. The second-order valence-corrected chi connectivity index (χ2v) is 8.54. The molecule has 0 aromatic carbocycles. The Morgan fingerprint density at radius 2 is 2.10 bits per heavy atom. The standard InChI is InChI=1S/C18H18ClN9OS/c1-18(21)4-7-28(8-5-18)15-12(16-27-24-9-29-16)25-17(13(20)26-15)30-10-3-6-23-14(22-2)11(10)19/h3,6,9H,4-5,7-8,21H2,1H3,(H2,20,26). The third kappa shape index (κ3) is 4.02. The number of hydrogen-bond acceptors (Lipinski definition) is 10. The van der Waals surface area contributed by atoms with Gasteiger partial charge >= 0.3 is 0 Å². The van der Waals surface area contributed by atoms with Gasteiger partial charge in [-0.25, -0.2) is 9.97 Å². The molecule has 30 heavy (non-hydrogen) atoms. The molecule has 154 valence electrons. The molecule has 0 radical (unpaired) electrons. The van der Waals surface area contributed by atoms with E-state index in [4.69, 9.17) is 34.1 Å². The number of nitrogen functional groups attached to an aromatic ring is 1. The summed E-state index contributed by atoms with van der Waals surface area (Å²) in [6, 6.07) is 1.69. The first-order valence-corrected chi connectivity index (χ1v) is 10.2. The highest BCUT2D eigenvalue weighted by atomic mass is 35.5. The van der Waals surface area contributed by atoms with Gasteiger partial charge in [0.15, 0.2) is 17.3 Å². The third-order valence-corrected chi connectivity index (χ3v) is 6.32. The maximum atomic E-state index is 7.18. The van der Waals surface area contributed by atoms with E-state index in [1.165, 1.54) is 24.4 Å². The van der Waals surface area contributed by atoms with Crippen molar-refractivity contribution in [2.75, 3.05) is 23.7 Å². The van der Waals surface area contributed by atoms with Crippen molar-refractivity contribution in [3.63, 3.8) is 0 Å². The van der Waals surface area contributed by atoms with E-state index in [0.717, 1.165) is 12.8 Å². The predicted octanol–water partition coefficient (Wildman–Crippen LogP) is 3.18. The van der Waals surface area contributed by atoms with Gasteiger partial charge < -0.3 is 25.6 Å². The van der Waals surface area contributed by atoms with Crippen LogP contribution in [0, 0.1) is 6.57 Å². The molecule has 0 spiro atoms. The lowest BCUT2D eigenvalue weighted by molar-refractivity contribution is 0.363. The zero-order valence-corrected chi connectivity index (χ0v) is 17.6. The van der Waals surface area contributed by atoms with E-state index in [1.807, 2.05) is 6.92 Å². The third-order valence-electron chi connectivity index (χ3n) is 4.79. The lowest BCUT2D eigenvalue weighted by atomic mass is 9.91. The first-order valence-electron chi connectivity index (χ1n) is 9.05. The van der Waals surface area contributed by atoms with Gasteiger partial charge in [-0.15, -0.1) is 15.2 Å². The Morgan fingerprint density at radius 1 is 1.33 bits per heavy atom. The molecule has 10 nitrogen and oxygen atoms in total. The molecule has 0 aliphatic carbocycles. The first kappa shape index (κ1) is 20.3. The van der Waals surface area contributed by atoms with Crippen LogP contribution in [0.1, 0.15) is 19.8 Å². The smallest absolute Gasteiger partial charge is 0.289 e. The van der Waals surface area contributed by atoms with Gasteiger partial charge in [0, 0.05) is 23.5 Å². The Labute approximate surface area is 181 Å². The number of halogens is 1. The fourth-order valence-corrected chi connectivity index (χ4v) is 4.12. The van der Waals surface area contributed by atoms with Gasteiger partial charge in [-0.1, -0.05) is 29.9 Å². The Hall–Kier alpha value is -2.94. The molecule has 0 unspecified atom stereocenters. The van der Waals surface area contributed by atoms with Crippen molar-refractivity contribution >= 4 is 40.8 Å². The van der Waals surface area contributed by atoms with Gasteiger partial charge in [-0.05, 0) is 25.8 Å². The zero-order valence-electron chi connectivity index (χ0n) is 16.0. The van der Waals surface area contributed by atoms with E-state index < -0.39 is 0 Å². The van der Waals surface area contributed by atoms with E-state index in [1.54, 1.807) is 6.07 Å². The maximum absolute atomic E-state index is 7.18. The van der Waals surface area contributed by atoms with Gasteiger partial charge in [-0.2, -0.15) is 0 Å². The number of pyridine rings is 1. The normalized spacial score (nSPS) is 15.7. The maximum Gasteiger partial charge on any atom is 0.289 e. The van der Waals surface area contributed by atoms with Crippen LogP contribution < -0.4 is 16.4 Å². The SMILES string of the molecule is [C-]#[N+]c1nccc(Sc2nc(-c3nnco3)c(N3CCC(C)(N)CC3)nc2N)c1Cl. The Morgan fingerprint density at radius 3 is 2.77 bits per heavy atom. The molecule has 1 fully saturated rings. The van der Waals surface area contributed by atoms with Crippen LogP contribution in [0.15, 0.2) is 33.0 Å². The largest absolute Gasteiger partial charge is 0.422 e. The number of aromatic nitrogens is 5. The highest BCUT2D eigenvalue weighted by Gasteiger charge is 2.30. The summed E-state index contributed by atoms with van der Waals surface area (Å²) in [7, 11) is 0. The molecular formula is C18H18ClN9OS. The Balaban J connectivity index is 1.74. The van der Waals surface area contributed by atoms with Gasteiger partial charge in [0.25, 0.3) is 11.7 Å². The van der Waals surface area contributed by atoms with Crippen LogP contribution in [-0.4, -0.2) is 43.8 Å². The zero-order chi connectivity index (χ0) is 21.3. The van der Waals surface area contributed by atoms with E-state index in [-0.39, 0.29) is 28.1 Å². The minimum Gasteiger partial charge on any atom is -0.422 e. The molecule has 4 N–H and O–H groups in total.